The predicted molar refractivity (Wildman–Crippen MR) is 127 cm³/mol. The highest BCUT2D eigenvalue weighted by Gasteiger charge is 2.26. The maximum atomic E-state index is 11.7. The SMILES string of the molecule is COC(=O)NC1CCCc2c1cccc2C(C)SC(=N)c1ccc(OC(C)C)c(C#N)c1. The summed E-state index contributed by atoms with van der Waals surface area (Å²) >= 11 is 1.46. The summed E-state index contributed by atoms with van der Waals surface area (Å²) in [5, 5.41) is 21.5. The number of hydrogen-bond donors (Lipinski definition) is 2. The molecule has 168 valence electrons. The van der Waals surface area contributed by atoms with Crippen LogP contribution in [0, 0.1) is 16.7 Å². The molecule has 32 heavy (non-hydrogen) atoms. The van der Waals surface area contributed by atoms with E-state index >= 15 is 0 Å². The van der Waals surface area contributed by atoms with Gasteiger partial charge in [0.05, 0.1) is 29.9 Å². The molecular weight excluding hydrogens is 422 g/mol. The van der Waals surface area contributed by atoms with Crippen LogP contribution in [0.1, 0.15) is 72.7 Å². The first-order valence-corrected chi connectivity index (χ1v) is 11.6. The van der Waals surface area contributed by atoms with Gasteiger partial charge in [-0.25, -0.2) is 4.79 Å². The van der Waals surface area contributed by atoms with Crippen LogP contribution in [0.3, 0.4) is 0 Å². The summed E-state index contributed by atoms with van der Waals surface area (Å²) in [7, 11) is 1.37. The van der Waals surface area contributed by atoms with Crippen LogP contribution in [0.5, 0.6) is 5.75 Å². The molecule has 2 aromatic rings. The lowest BCUT2D eigenvalue weighted by Gasteiger charge is -2.29. The molecule has 1 amide bonds. The lowest BCUT2D eigenvalue weighted by atomic mass is 9.84. The van der Waals surface area contributed by atoms with Crippen molar-refractivity contribution in [2.75, 3.05) is 7.11 Å². The van der Waals surface area contributed by atoms with E-state index in [4.69, 9.17) is 14.9 Å². The van der Waals surface area contributed by atoms with Gasteiger partial charge in [0.15, 0.2) is 0 Å². The van der Waals surface area contributed by atoms with Gasteiger partial charge in [-0.1, -0.05) is 30.0 Å². The van der Waals surface area contributed by atoms with E-state index < -0.39 is 6.09 Å². The molecule has 0 saturated carbocycles. The number of amides is 1. The molecule has 6 nitrogen and oxygen atoms in total. The number of ether oxygens (including phenoxy) is 2. The number of hydrogen-bond acceptors (Lipinski definition) is 6. The largest absolute Gasteiger partial charge is 0.490 e. The molecule has 0 spiro atoms. The Labute approximate surface area is 193 Å². The summed E-state index contributed by atoms with van der Waals surface area (Å²) in [4.78, 5) is 11.7. The molecule has 0 fully saturated rings. The molecular formula is C25H29N3O3S. The van der Waals surface area contributed by atoms with Gasteiger partial charge in [-0.05, 0) is 74.9 Å². The van der Waals surface area contributed by atoms with Crippen LogP contribution in [0.2, 0.25) is 0 Å². The van der Waals surface area contributed by atoms with E-state index in [-0.39, 0.29) is 17.4 Å². The van der Waals surface area contributed by atoms with Gasteiger partial charge in [0.25, 0.3) is 0 Å². The summed E-state index contributed by atoms with van der Waals surface area (Å²) in [6.45, 7) is 5.93. The predicted octanol–water partition coefficient (Wildman–Crippen LogP) is 5.90. The number of alkyl carbamates (subject to hydrolysis) is 1. The highest BCUT2D eigenvalue weighted by Crippen LogP contribution is 2.39. The fourth-order valence-electron chi connectivity index (χ4n) is 4.03. The maximum absolute atomic E-state index is 11.7. The van der Waals surface area contributed by atoms with Crippen molar-refractivity contribution >= 4 is 22.9 Å². The summed E-state index contributed by atoms with van der Waals surface area (Å²) in [5.41, 5.74) is 4.67. The molecule has 0 aliphatic heterocycles. The summed E-state index contributed by atoms with van der Waals surface area (Å²) < 4.78 is 10.5. The zero-order chi connectivity index (χ0) is 23.3. The topological polar surface area (TPSA) is 95.2 Å². The first kappa shape index (κ1) is 23.7. The first-order chi connectivity index (χ1) is 15.3. The smallest absolute Gasteiger partial charge is 0.407 e. The van der Waals surface area contributed by atoms with Gasteiger partial charge in [0.2, 0.25) is 0 Å². The number of nitrogens with one attached hydrogen (secondary N) is 2. The number of nitrogens with zero attached hydrogens (tertiary/aromatic N) is 1. The van der Waals surface area contributed by atoms with E-state index in [2.05, 4.69) is 30.4 Å². The monoisotopic (exact) mass is 451 g/mol. The highest BCUT2D eigenvalue weighted by molar-refractivity contribution is 8.14. The fourth-order valence-corrected chi connectivity index (χ4v) is 5.00. The van der Waals surface area contributed by atoms with Gasteiger partial charge in [-0.2, -0.15) is 5.26 Å². The molecule has 2 N–H and O–H groups in total. The minimum atomic E-state index is -0.421. The molecule has 0 saturated heterocycles. The first-order valence-electron chi connectivity index (χ1n) is 10.8. The zero-order valence-electron chi connectivity index (χ0n) is 18.9. The summed E-state index contributed by atoms with van der Waals surface area (Å²) in [5.74, 6) is 0.540. The number of nitriles is 1. The fraction of sp³-hybridized carbons (Fsp3) is 0.400. The average Bonchev–Trinajstić information content (AvgIpc) is 2.78. The standard InChI is InChI=1S/C25H29N3O3S/c1-15(2)31-23-12-11-17(13-18(23)14-26)24(27)32-16(3)19-7-5-9-21-20(19)8-6-10-22(21)28-25(29)30-4/h5,7,9,11-13,15-16,22,27H,6,8,10H2,1-4H3,(H,28,29). The van der Waals surface area contributed by atoms with Gasteiger partial charge in [-0.15, -0.1) is 0 Å². The second-order valence-corrected chi connectivity index (χ2v) is 9.43. The molecule has 2 aromatic carbocycles. The minimum absolute atomic E-state index is 0.0245. The number of benzene rings is 2. The van der Waals surface area contributed by atoms with E-state index in [9.17, 15) is 10.1 Å². The summed E-state index contributed by atoms with van der Waals surface area (Å²) in [6, 6.07) is 13.6. The van der Waals surface area contributed by atoms with Crippen molar-refractivity contribution in [1.29, 1.82) is 10.7 Å². The molecule has 3 rings (SSSR count). The average molecular weight is 452 g/mol. The number of carbonyl (C=O) groups excluding carboxylic acids is 1. The number of rotatable bonds is 6. The number of carbonyl (C=O) groups is 1. The molecule has 1 aliphatic carbocycles. The van der Waals surface area contributed by atoms with Gasteiger partial charge in [0.1, 0.15) is 11.8 Å². The third kappa shape index (κ3) is 5.43. The van der Waals surface area contributed by atoms with Crippen molar-refractivity contribution in [3.05, 3.63) is 64.2 Å². The second-order valence-electron chi connectivity index (χ2n) is 8.07. The van der Waals surface area contributed by atoms with Gasteiger partial charge < -0.3 is 14.8 Å². The van der Waals surface area contributed by atoms with Crippen LogP contribution < -0.4 is 10.1 Å². The zero-order valence-corrected chi connectivity index (χ0v) is 19.7. The van der Waals surface area contributed by atoms with Crippen LogP contribution in [-0.4, -0.2) is 24.4 Å². The maximum Gasteiger partial charge on any atom is 0.407 e. The molecule has 0 radical (unpaired) electrons. The van der Waals surface area contributed by atoms with Crippen LogP contribution in [0.15, 0.2) is 36.4 Å². The Morgan fingerprint density at radius 3 is 2.75 bits per heavy atom. The summed E-state index contributed by atoms with van der Waals surface area (Å²) in [6.07, 6.45) is 2.36. The van der Waals surface area contributed by atoms with E-state index in [0.29, 0.717) is 21.9 Å². The Balaban J connectivity index is 1.80. The van der Waals surface area contributed by atoms with Crippen LogP contribution in [0.4, 0.5) is 4.79 Å². The third-order valence-electron chi connectivity index (χ3n) is 5.48. The van der Waals surface area contributed by atoms with Crippen molar-refractivity contribution in [2.24, 2.45) is 0 Å². The third-order valence-corrected chi connectivity index (χ3v) is 6.56. The van der Waals surface area contributed by atoms with Gasteiger partial charge >= 0.3 is 6.09 Å². The van der Waals surface area contributed by atoms with E-state index in [0.717, 1.165) is 24.8 Å². The lowest BCUT2D eigenvalue weighted by molar-refractivity contribution is 0.165. The van der Waals surface area contributed by atoms with Crippen LogP contribution in [-0.2, 0) is 11.2 Å². The minimum Gasteiger partial charge on any atom is -0.490 e. The molecule has 2 atom stereocenters. The second kappa shape index (κ2) is 10.6. The van der Waals surface area contributed by atoms with Crippen molar-refractivity contribution in [3.8, 4) is 11.8 Å². The Hall–Kier alpha value is -2.98. The van der Waals surface area contributed by atoms with Crippen molar-refractivity contribution in [1.82, 2.24) is 5.32 Å². The van der Waals surface area contributed by atoms with E-state index in [1.165, 1.54) is 30.0 Å². The Morgan fingerprint density at radius 2 is 2.06 bits per heavy atom. The Kier molecular flexibility index (Phi) is 7.81. The van der Waals surface area contributed by atoms with Crippen molar-refractivity contribution in [3.63, 3.8) is 0 Å². The Bertz CT molecular complexity index is 1050. The molecule has 0 bridgehead atoms. The van der Waals surface area contributed by atoms with Crippen LogP contribution >= 0.6 is 11.8 Å². The van der Waals surface area contributed by atoms with Crippen LogP contribution in [0.25, 0.3) is 0 Å². The highest BCUT2D eigenvalue weighted by atomic mass is 32.2. The van der Waals surface area contributed by atoms with E-state index in [1.54, 1.807) is 12.1 Å². The number of thioether (sulfide) groups is 1. The van der Waals surface area contributed by atoms with Crippen molar-refractivity contribution in [2.45, 2.75) is 57.4 Å². The molecule has 7 heteroatoms. The number of methoxy groups -OCH3 is 1. The quantitative estimate of drug-likeness (QED) is 0.421. The normalized spacial score (nSPS) is 15.9. The van der Waals surface area contributed by atoms with Gasteiger partial charge in [0, 0.05) is 10.8 Å². The molecule has 1 aliphatic rings. The Morgan fingerprint density at radius 1 is 1.28 bits per heavy atom. The van der Waals surface area contributed by atoms with Crippen molar-refractivity contribution < 1.29 is 14.3 Å². The molecule has 0 aromatic heterocycles. The lowest BCUT2D eigenvalue weighted by Crippen LogP contribution is -2.31. The van der Waals surface area contributed by atoms with E-state index in [1.807, 2.05) is 26.0 Å². The van der Waals surface area contributed by atoms with Gasteiger partial charge in [-0.3, -0.25) is 5.41 Å². The molecule has 0 heterocycles. The number of fused-ring (bicyclic) bond motifs is 1. The molecule has 2 unspecified atom stereocenters.